The van der Waals surface area contributed by atoms with E-state index in [9.17, 15) is 5.26 Å². The molecule has 25 heavy (non-hydrogen) atoms. The molecular weight excluding hydrogens is 350 g/mol. The second kappa shape index (κ2) is 6.98. The molecule has 2 aromatic heterocycles. The molecule has 0 radical (unpaired) electrons. The first-order valence-electron chi connectivity index (χ1n) is 8.18. The average Bonchev–Trinajstić information content (AvgIpc) is 3.29. The molecule has 3 aromatic rings. The van der Waals surface area contributed by atoms with Crippen molar-refractivity contribution in [2.45, 2.75) is 29.1 Å². The van der Waals surface area contributed by atoms with Gasteiger partial charge < -0.3 is 4.90 Å². The average molecular weight is 368 g/mol. The fourth-order valence-electron chi connectivity index (χ4n) is 3.46. The molecule has 0 aliphatic carbocycles. The summed E-state index contributed by atoms with van der Waals surface area (Å²) in [5.74, 6) is 0.753. The molecule has 3 heterocycles. The van der Waals surface area contributed by atoms with Crippen LogP contribution in [0.1, 0.15) is 24.3 Å². The van der Waals surface area contributed by atoms with Gasteiger partial charge in [0.2, 0.25) is 0 Å². The maximum Gasteiger partial charge on any atom is 0.176 e. The number of anilines is 1. The molecule has 0 bridgehead atoms. The van der Waals surface area contributed by atoms with Crippen LogP contribution in [0.5, 0.6) is 0 Å². The van der Waals surface area contributed by atoms with Crippen molar-refractivity contribution in [1.82, 2.24) is 15.0 Å². The largest absolute Gasteiger partial charge is 0.351 e. The van der Waals surface area contributed by atoms with Gasteiger partial charge in [0.05, 0.1) is 18.0 Å². The monoisotopic (exact) mass is 367 g/mol. The van der Waals surface area contributed by atoms with Crippen molar-refractivity contribution >= 4 is 39.3 Å². The maximum atomic E-state index is 9.84. The van der Waals surface area contributed by atoms with Crippen molar-refractivity contribution in [3.63, 3.8) is 0 Å². The zero-order valence-corrected chi connectivity index (χ0v) is 15.4. The molecule has 5 nitrogen and oxygen atoms in total. The molecule has 0 amide bonds. The minimum absolute atomic E-state index is 0.130. The molecule has 7 heteroatoms. The minimum Gasteiger partial charge on any atom is -0.351 e. The highest BCUT2D eigenvalue weighted by Gasteiger charge is 2.35. The fraction of sp³-hybridized carbons (Fsp3) is 0.333. The first-order valence-corrected chi connectivity index (χ1v) is 10.2. The van der Waals surface area contributed by atoms with Crippen molar-refractivity contribution in [1.29, 1.82) is 5.26 Å². The first kappa shape index (κ1) is 16.3. The molecule has 4 rings (SSSR count). The quantitative estimate of drug-likeness (QED) is 0.647. The number of rotatable bonds is 4. The number of aromatic nitrogens is 3. The van der Waals surface area contributed by atoms with Gasteiger partial charge in [0, 0.05) is 6.54 Å². The number of benzene rings is 1. The van der Waals surface area contributed by atoms with Crippen LogP contribution < -0.4 is 4.90 Å². The van der Waals surface area contributed by atoms with Gasteiger partial charge in [-0.1, -0.05) is 42.1 Å². The molecule has 2 unspecified atom stereocenters. The van der Waals surface area contributed by atoms with E-state index in [0.29, 0.717) is 0 Å². The number of nitrogens with zero attached hydrogens (tertiary/aromatic N) is 5. The predicted molar refractivity (Wildman–Crippen MR) is 102 cm³/mol. The van der Waals surface area contributed by atoms with Crippen LogP contribution in [0.3, 0.4) is 0 Å². The molecule has 1 fully saturated rings. The standard InChI is InChI=1S/C18H17N5S2/c1-24-18-22-16-15(25-18)17(21-11-20-16)23-9-5-8-14(23)13(10-19)12-6-3-2-4-7-12/h2-4,6-7,11,13-14H,5,8-9H2,1H3. The van der Waals surface area contributed by atoms with Gasteiger partial charge in [-0.15, -0.1) is 11.3 Å². The van der Waals surface area contributed by atoms with Crippen LogP contribution in [0, 0.1) is 11.3 Å². The number of hydrogen-bond acceptors (Lipinski definition) is 7. The highest BCUT2D eigenvalue weighted by molar-refractivity contribution is 8.00. The molecule has 126 valence electrons. The Morgan fingerprint density at radius 3 is 2.92 bits per heavy atom. The smallest absolute Gasteiger partial charge is 0.176 e. The lowest BCUT2D eigenvalue weighted by molar-refractivity contribution is 0.609. The van der Waals surface area contributed by atoms with Crippen LogP contribution in [-0.2, 0) is 0 Å². The molecular formula is C18H17N5S2. The number of thiazole rings is 1. The van der Waals surface area contributed by atoms with E-state index >= 15 is 0 Å². The Balaban J connectivity index is 1.75. The van der Waals surface area contributed by atoms with Crippen LogP contribution in [0.15, 0.2) is 41.0 Å². The first-order chi connectivity index (χ1) is 12.3. The predicted octanol–water partition coefficient (Wildman–Crippen LogP) is 4.08. The van der Waals surface area contributed by atoms with Crippen molar-refractivity contribution in [3.8, 4) is 6.07 Å². The van der Waals surface area contributed by atoms with E-state index in [1.165, 1.54) is 0 Å². The second-order valence-corrected chi connectivity index (χ2v) is 8.01. The summed E-state index contributed by atoms with van der Waals surface area (Å²) in [5, 5.41) is 9.84. The number of hydrogen-bond donors (Lipinski definition) is 0. The third-order valence-electron chi connectivity index (χ3n) is 4.58. The second-order valence-electron chi connectivity index (χ2n) is 5.95. The summed E-state index contributed by atoms with van der Waals surface area (Å²) in [6.45, 7) is 0.911. The minimum atomic E-state index is -0.165. The van der Waals surface area contributed by atoms with E-state index in [4.69, 9.17) is 0 Å². The van der Waals surface area contributed by atoms with E-state index < -0.39 is 0 Å². The number of nitriles is 1. The highest BCUT2D eigenvalue weighted by atomic mass is 32.2. The van der Waals surface area contributed by atoms with Crippen LogP contribution >= 0.6 is 23.1 Å². The van der Waals surface area contributed by atoms with Crippen molar-refractivity contribution in [3.05, 3.63) is 42.2 Å². The van der Waals surface area contributed by atoms with Crippen LogP contribution in [-0.4, -0.2) is 33.8 Å². The van der Waals surface area contributed by atoms with E-state index in [0.717, 1.165) is 45.5 Å². The fourth-order valence-corrected chi connectivity index (χ4v) is 4.98. The normalized spacial score (nSPS) is 18.4. The Bertz CT molecular complexity index is 918. The molecule has 0 N–H and O–H groups in total. The lowest BCUT2D eigenvalue weighted by Crippen LogP contribution is -2.34. The molecule has 2 atom stereocenters. The van der Waals surface area contributed by atoms with Crippen LogP contribution in [0.4, 0.5) is 5.82 Å². The summed E-state index contributed by atoms with van der Waals surface area (Å²) in [6, 6.07) is 12.7. The van der Waals surface area contributed by atoms with Gasteiger partial charge in [-0.25, -0.2) is 15.0 Å². The summed E-state index contributed by atoms with van der Waals surface area (Å²) < 4.78 is 2.01. The topological polar surface area (TPSA) is 65.7 Å². The molecule has 1 saturated heterocycles. The molecule has 1 aliphatic heterocycles. The SMILES string of the molecule is CSc1nc2ncnc(N3CCCC3C(C#N)c3ccccc3)c2s1. The number of fused-ring (bicyclic) bond motifs is 1. The zero-order chi connectivity index (χ0) is 17.2. The van der Waals surface area contributed by atoms with Gasteiger partial charge >= 0.3 is 0 Å². The summed E-state index contributed by atoms with van der Waals surface area (Å²) in [4.78, 5) is 15.7. The lowest BCUT2D eigenvalue weighted by atomic mass is 9.91. The van der Waals surface area contributed by atoms with Gasteiger partial charge in [0.25, 0.3) is 0 Å². The van der Waals surface area contributed by atoms with Crippen LogP contribution in [0.25, 0.3) is 10.3 Å². The van der Waals surface area contributed by atoms with Gasteiger partial charge in [-0.2, -0.15) is 5.26 Å². The van der Waals surface area contributed by atoms with Crippen molar-refractivity contribution in [2.75, 3.05) is 17.7 Å². The van der Waals surface area contributed by atoms with E-state index in [2.05, 4.69) is 25.9 Å². The summed E-state index contributed by atoms with van der Waals surface area (Å²) in [6.07, 6.45) is 5.66. The lowest BCUT2D eigenvalue weighted by Gasteiger charge is -2.29. The molecule has 0 saturated carbocycles. The van der Waals surface area contributed by atoms with Gasteiger partial charge in [0.15, 0.2) is 15.8 Å². The van der Waals surface area contributed by atoms with Crippen LogP contribution in [0.2, 0.25) is 0 Å². The Kier molecular flexibility index (Phi) is 4.55. The summed E-state index contributed by atoms with van der Waals surface area (Å²) >= 11 is 3.25. The third-order valence-corrected chi connectivity index (χ3v) is 6.61. The van der Waals surface area contributed by atoms with Gasteiger partial charge in [-0.05, 0) is 24.7 Å². The number of thioether (sulfide) groups is 1. The Morgan fingerprint density at radius 1 is 1.32 bits per heavy atom. The molecule has 1 aromatic carbocycles. The summed E-state index contributed by atoms with van der Waals surface area (Å²) in [5.41, 5.74) is 1.82. The van der Waals surface area contributed by atoms with E-state index in [-0.39, 0.29) is 12.0 Å². The van der Waals surface area contributed by atoms with E-state index in [1.54, 1.807) is 29.4 Å². The van der Waals surface area contributed by atoms with Crippen molar-refractivity contribution < 1.29 is 0 Å². The van der Waals surface area contributed by atoms with E-state index in [1.807, 2.05) is 36.6 Å². The van der Waals surface area contributed by atoms with Gasteiger partial charge in [0.1, 0.15) is 11.0 Å². The molecule has 0 spiro atoms. The zero-order valence-electron chi connectivity index (χ0n) is 13.8. The highest BCUT2D eigenvalue weighted by Crippen LogP contribution is 2.39. The molecule has 1 aliphatic rings. The third kappa shape index (κ3) is 2.96. The Morgan fingerprint density at radius 2 is 2.16 bits per heavy atom. The Labute approximate surface area is 154 Å². The van der Waals surface area contributed by atoms with Gasteiger partial charge in [-0.3, -0.25) is 0 Å². The van der Waals surface area contributed by atoms with Crippen molar-refractivity contribution in [2.24, 2.45) is 0 Å². The summed E-state index contributed by atoms with van der Waals surface area (Å²) in [7, 11) is 0. The Hall–Kier alpha value is -2.17. The maximum absolute atomic E-state index is 9.84.